The summed E-state index contributed by atoms with van der Waals surface area (Å²) in [5.41, 5.74) is 1.70. The maximum Gasteiger partial charge on any atom is 0.339 e. The number of aryl methyl sites for hydroxylation is 1. The summed E-state index contributed by atoms with van der Waals surface area (Å²) < 4.78 is 8.61. The topological polar surface area (TPSA) is 64.3 Å². The molecule has 2 aromatic rings. The molecule has 0 amide bonds. The third-order valence-corrected chi connectivity index (χ3v) is 4.65. The quantitative estimate of drug-likeness (QED) is 0.714. The molecule has 0 atom stereocenters. The number of carboxylic acid groups (broad SMARTS) is 1. The van der Waals surface area contributed by atoms with Gasteiger partial charge in [-0.25, -0.2) is 4.79 Å². The molecule has 0 bridgehead atoms. The van der Waals surface area contributed by atoms with Crippen LogP contribution in [0.5, 0.6) is 5.75 Å². The predicted molar refractivity (Wildman–Crippen MR) is 96.7 cm³/mol. The third-order valence-electron chi connectivity index (χ3n) is 4.16. The van der Waals surface area contributed by atoms with Gasteiger partial charge >= 0.3 is 5.97 Å². The lowest BCUT2D eigenvalue weighted by Crippen LogP contribution is -2.12. The number of ether oxygens (including phenoxy) is 1. The number of aromatic nitrogens is 2. The molecule has 0 saturated carbocycles. The van der Waals surface area contributed by atoms with Gasteiger partial charge in [0.15, 0.2) is 0 Å². The maximum atomic E-state index is 11.2. The van der Waals surface area contributed by atoms with Gasteiger partial charge in [-0.2, -0.15) is 5.10 Å². The van der Waals surface area contributed by atoms with Crippen molar-refractivity contribution in [2.75, 3.05) is 6.61 Å². The summed E-state index contributed by atoms with van der Waals surface area (Å²) in [5.74, 6) is 0.389. The molecule has 0 radical (unpaired) electrons. The van der Waals surface area contributed by atoms with Crippen LogP contribution in [0.1, 0.15) is 48.3 Å². The zero-order chi connectivity index (χ0) is 17.7. The molecule has 24 heavy (non-hydrogen) atoms. The fraction of sp³-hybridized carbons (Fsp3) is 0.444. The Morgan fingerprint density at radius 2 is 2.08 bits per heavy atom. The van der Waals surface area contributed by atoms with Crippen LogP contribution in [0.25, 0.3) is 0 Å². The van der Waals surface area contributed by atoms with Crippen molar-refractivity contribution in [2.45, 2.75) is 40.2 Å². The van der Waals surface area contributed by atoms with Crippen LogP contribution >= 0.6 is 15.9 Å². The summed E-state index contributed by atoms with van der Waals surface area (Å²) >= 11 is 3.48. The minimum atomic E-state index is -0.960. The third kappa shape index (κ3) is 4.60. The zero-order valence-electron chi connectivity index (χ0n) is 14.3. The number of halogens is 1. The zero-order valence-corrected chi connectivity index (χ0v) is 15.8. The van der Waals surface area contributed by atoms with E-state index in [9.17, 15) is 4.79 Å². The Kier molecular flexibility index (Phi) is 6.43. The van der Waals surface area contributed by atoms with E-state index in [1.54, 1.807) is 17.8 Å². The van der Waals surface area contributed by atoms with E-state index >= 15 is 0 Å². The molecule has 0 aliphatic rings. The molecule has 6 heteroatoms. The van der Waals surface area contributed by atoms with Gasteiger partial charge in [0.2, 0.25) is 0 Å². The molecule has 1 aromatic heterocycles. The van der Waals surface area contributed by atoms with Gasteiger partial charge in [-0.15, -0.1) is 0 Å². The molecule has 1 N–H and O–H groups in total. The van der Waals surface area contributed by atoms with Crippen LogP contribution in [0.2, 0.25) is 0 Å². The van der Waals surface area contributed by atoms with Crippen molar-refractivity contribution in [3.8, 4) is 5.75 Å². The van der Waals surface area contributed by atoms with E-state index in [0.717, 1.165) is 28.6 Å². The number of benzene rings is 1. The largest absolute Gasteiger partial charge is 0.493 e. The molecule has 130 valence electrons. The lowest BCUT2D eigenvalue weighted by atomic mass is 10.1. The maximum absolute atomic E-state index is 11.2. The first-order chi connectivity index (χ1) is 11.4. The second kappa shape index (κ2) is 8.33. The normalized spacial score (nSPS) is 11.0. The molecule has 0 unspecified atom stereocenters. The Morgan fingerprint density at radius 3 is 2.67 bits per heavy atom. The van der Waals surface area contributed by atoms with Crippen LogP contribution in [0.4, 0.5) is 0 Å². The van der Waals surface area contributed by atoms with Crippen molar-refractivity contribution in [3.63, 3.8) is 0 Å². The number of hydrogen-bond donors (Lipinski definition) is 1. The molecule has 1 heterocycles. The molecule has 0 fully saturated rings. The highest BCUT2D eigenvalue weighted by Gasteiger charge is 2.14. The lowest BCUT2D eigenvalue weighted by molar-refractivity contribution is 0.0696. The first-order valence-electron chi connectivity index (χ1n) is 8.13. The summed E-state index contributed by atoms with van der Waals surface area (Å²) in [7, 11) is 0. The molecular weight excluding hydrogens is 372 g/mol. The molecule has 0 saturated heterocycles. The second-order valence-corrected chi connectivity index (χ2v) is 6.79. The first kappa shape index (κ1) is 18.5. The number of carboxylic acids is 1. The number of aromatic carboxylic acids is 1. The standard InChI is InChI=1S/C18H23BrN2O3/c1-4-13(5-2)11-24-17-7-6-15(19)8-14(17)9-21-10-16(18(22)23)12(3)20-21/h6-8,10,13H,4-5,9,11H2,1-3H3,(H,22,23). The van der Waals surface area contributed by atoms with Crippen molar-refractivity contribution in [1.82, 2.24) is 9.78 Å². The van der Waals surface area contributed by atoms with Gasteiger partial charge in [0.1, 0.15) is 11.3 Å². The number of rotatable bonds is 8. The molecule has 0 aliphatic heterocycles. The average Bonchev–Trinajstić information content (AvgIpc) is 2.91. The lowest BCUT2D eigenvalue weighted by Gasteiger charge is -2.16. The highest BCUT2D eigenvalue weighted by atomic mass is 79.9. The van der Waals surface area contributed by atoms with Crippen molar-refractivity contribution < 1.29 is 14.6 Å². The van der Waals surface area contributed by atoms with Crippen LogP contribution in [-0.4, -0.2) is 27.5 Å². The second-order valence-electron chi connectivity index (χ2n) is 5.88. The van der Waals surface area contributed by atoms with Crippen molar-refractivity contribution in [3.05, 3.63) is 45.7 Å². The van der Waals surface area contributed by atoms with Gasteiger partial charge in [0.25, 0.3) is 0 Å². The molecule has 2 rings (SSSR count). The molecule has 1 aromatic carbocycles. The van der Waals surface area contributed by atoms with Gasteiger partial charge in [0.05, 0.1) is 18.8 Å². The molecule has 5 nitrogen and oxygen atoms in total. The van der Waals surface area contributed by atoms with Crippen LogP contribution in [0.3, 0.4) is 0 Å². The summed E-state index contributed by atoms with van der Waals surface area (Å²) in [6.45, 7) is 7.18. The Bertz CT molecular complexity index is 708. The summed E-state index contributed by atoms with van der Waals surface area (Å²) in [4.78, 5) is 11.2. The van der Waals surface area contributed by atoms with Crippen molar-refractivity contribution in [2.24, 2.45) is 5.92 Å². The van der Waals surface area contributed by atoms with Crippen LogP contribution < -0.4 is 4.74 Å². The van der Waals surface area contributed by atoms with E-state index in [4.69, 9.17) is 9.84 Å². The smallest absolute Gasteiger partial charge is 0.339 e. The predicted octanol–water partition coefficient (Wildman–Crippen LogP) is 4.52. The highest BCUT2D eigenvalue weighted by Crippen LogP contribution is 2.25. The monoisotopic (exact) mass is 394 g/mol. The molecule has 0 aliphatic carbocycles. The van der Waals surface area contributed by atoms with E-state index < -0.39 is 5.97 Å². The number of carbonyl (C=O) groups is 1. The van der Waals surface area contributed by atoms with Crippen molar-refractivity contribution >= 4 is 21.9 Å². The number of nitrogens with zero attached hydrogens (tertiary/aromatic N) is 2. The van der Waals surface area contributed by atoms with Crippen LogP contribution in [-0.2, 0) is 6.54 Å². The molecular formula is C18H23BrN2O3. The van der Waals surface area contributed by atoms with Gasteiger partial charge in [0, 0.05) is 16.2 Å². The fourth-order valence-electron chi connectivity index (χ4n) is 2.53. The minimum Gasteiger partial charge on any atom is -0.493 e. The minimum absolute atomic E-state index is 0.226. The first-order valence-corrected chi connectivity index (χ1v) is 8.92. The number of hydrogen-bond acceptors (Lipinski definition) is 3. The summed E-state index contributed by atoms with van der Waals surface area (Å²) in [6.07, 6.45) is 3.73. The molecule has 0 spiro atoms. The van der Waals surface area contributed by atoms with Crippen LogP contribution in [0.15, 0.2) is 28.9 Å². The van der Waals surface area contributed by atoms with E-state index in [0.29, 0.717) is 24.8 Å². The highest BCUT2D eigenvalue weighted by molar-refractivity contribution is 9.10. The summed E-state index contributed by atoms with van der Waals surface area (Å²) in [5, 5.41) is 13.4. The van der Waals surface area contributed by atoms with Crippen LogP contribution in [0, 0.1) is 12.8 Å². The van der Waals surface area contributed by atoms with E-state index in [-0.39, 0.29) is 5.56 Å². The Labute approximate surface area is 150 Å². The van der Waals surface area contributed by atoms with Gasteiger partial charge in [-0.1, -0.05) is 42.6 Å². The van der Waals surface area contributed by atoms with E-state index in [1.165, 1.54) is 0 Å². The van der Waals surface area contributed by atoms with Gasteiger partial charge in [-0.3, -0.25) is 4.68 Å². The average molecular weight is 395 g/mol. The SMILES string of the molecule is CCC(CC)COc1ccc(Br)cc1Cn1cc(C(=O)O)c(C)n1. The Morgan fingerprint density at radius 1 is 1.38 bits per heavy atom. The fourth-order valence-corrected chi connectivity index (χ4v) is 2.94. The Balaban J connectivity index is 2.21. The van der Waals surface area contributed by atoms with Gasteiger partial charge < -0.3 is 9.84 Å². The van der Waals surface area contributed by atoms with E-state index in [2.05, 4.69) is 34.9 Å². The van der Waals surface area contributed by atoms with E-state index in [1.807, 2.05) is 18.2 Å². The summed E-state index contributed by atoms with van der Waals surface area (Å²) in [6, 6.07) is 5.87. The Hall–Kier alpha value is -1.82. The van der Waals surface area contributed by atoms with Crippen molar-refractivity contribution in [1.29, 1.82) is 0 Å². The van der Waals surface area contributed by atoms with Gasteiger partial charge in [-0.05, 0) is 31.0 Å².